The molecule has 16 N–H and O–H groups in total. The minimum atomic E-state index is -2.10. The number of aliphatic hydroxyl groups is 12. The summed E-state index contributed by atoms with van der Waals surface area (Å²) in [5.41, 5.74) is 5.61. The lowest BCUT2D eigenvalue weighted by Gasteiger charge is -2.51. The molecule has 2 amide bonds. The maximum atomic E-state index is 12.8. The third-order valence-corrected chi connectivity index (χ3v) is 12.4. The van der Waals surface area contributed by atoms with Crippen LogP contribution in [0.25, 0.3) is 0 Å². The lowest BCUT2D eigenvalue weighted by Crippen LogP contribution is -2.71. The van der Waals surface area contributed by atoms with Gasteiger partial charge in [-0.2, -0.15) is 0 Å². The van der Waals surface area contributed by atoms with Crippen LogP contribution in [0.4, 0.5) is 0 Å². The number of ether oxygens (including phenoxy) is 10. The quantitative estimate of drug-likeness (QED) is 0.0504. The van der Waals surface area contributed by atoms with Gasteiger partial charge in [-0.3, -0.25) is 9.59 Å². The number of amides is 2. The molecule has 27 heteroatoms. The summed E-state index contributed by atoms with van der Waals surface area (Å²) in [6.07, 6.45) is -35.5. The average Bonchev–Trinajstić information content (AvgIpc) is 3.29. The van der Waals surface area contributed by atoms with Gasteiger partial charge in [0.05, 0.1) is 32.0 Å². The van der Waals surface area contributed by atoms with Gasteiger partial charge < -0.3 is 125 Å². The zero-order chi connectivity index (χ0) is 49.4. The molecule has 5 rings (SSSR count). The van der Waals surface area contributed by atoms with E-state index < -0.39 is 185 Å². The molecule has 0 unspecified atom stereocenters. The number of carbonyl (C=O) groups excluding carboxylic acids is 2. The Morgan fingerprint density at radius 3 is 1.45 bits per heavy atom. The summed E-state index contributed by atoms with van der Waals surface area (Å²) in [6.45, 7) is 2.93. The second-order valence-corrected chi connectivity index (χ2v) is 17.4. The molecule has 5 aliphatic rings. The topological polar surface area (TPSA) is 419 Å². The summed E-state index contributed by atoms with van der Waals surface area (Å²) in [6, 6.07) is -2.99. The second kappa shape index (κ2) is 25.4. The van der Waals surface area contributed by atoms with Gasteiger partial charge in [-0.05, 0) is 33.2 Å². The van der Waals surface area contributed by atoms with Crippen molar-refractivity contribution in [3.8, 4) is 0 Å². The molecule has 0 saturated carbocycles. The van der Waals surface area contributed by atoms with E-state index in [0.29, 0.717) is 13.0 Å². The van der Waals surface area contributed by atoms with Crippen LogP contribution in [0.5, 0.6) is 0 Å². The molecule has 0 aromatic heterocycles. The Bertz CT molecular complexity index is 1530. The highest BCUT2D eigenvalue weighted by Crippen LogP contribution is 2.36. The number of nitrogens with two attached hydrogens (primary N) is 1. The first-order valence-corrected chi connectivity index (χ1v) is 22.5. The molecule has 0 radical (unpaired) electrons. The van der Waals surface area contributed by atoms with Crippen LogP contribution in [0.1, 0.15) is 53.4 Å². The van der Waals surface area contributed by atoms with Crippen molar-refractivity contribution in [3.05, 3.63) is 0 Å². The molecule has 0 spiro atoms. The number of aliphatic hydroxyl groups excluding tert-OH is 12. The van der Waals surface area contributed by atoms with E-state index in [2.05, 4.69) is 10.6 Å². The normalized spacial score (nSPS) is 46.2. The van der Waals surface area contributed by atoms with Crippen molar-refractivity contribution in [2.45, 2.75) is 207 Å². The van der Waals surface area contributed by atoms with Gasteiger partial charge in [-0.15, -0.1) is 0 Å². The number of nitrogens with one attached hydrogen (secondary N) is 2. The molecule has 5 heterocycles. The van der Waals surface area contributed by atoms with E-state index in [9.17, 15) is 70.9 Å². The van der Waals surface area contributed by atoms with Gasteiger partial charge in [0.1, 0.15) is 110 Å². The van der Waals surface area contributed by atoms with Gasteiger partial charge in [-0.25, -0.2) is 0 Å². The molecule has 67 heavy (non-hydrogen) atoms. The summed E-state index contributed by atoms with van der Waals surface area (Å²) < 4.78 is 59.5. The van der Waals surface area contributed by atoms with Crippen LogP contribution in [0.15, 0.2) is 0 Å². The first kappa shape index (κ1) is 55.9. The van der Waals surface area contributed by atoms with Crippen LogP contribution in [0.3, 0.4) is 0 Å². The smallest absolute Gasteiger partial charge is 0.217 e. The highest BCUT2D eigenvalue weighted by atomic mass is 16.8. The van der Waals surface area contributed by atoms with Crippen LogP contribution < -0.4 is 16.4 Å². The van der Waals surface area contributed by atoms with Gasteiger partial charge in [0.15, 0.2) is 31.5 Å². The molecule has 5 saturated heterocycles. The SMILES string of the molecule is CC(=O)N[C@H]1[C@H](O[C@H]2[C@@H](O)[C@@H](CO)O[C@@H](O[C@H]3[C@H](O[C@@H]4O[C@@H](C)[C@@H](O)[C@@H](O)[C@@H]4O)[C@@H](NC(C)=O)[C@H](OCCCCCCN)O[C@@H]3CO)[C@@H]2O)O[C@H](CO)[C@@H](O[C@@H]2O[C@@H](C)[C@@H](O)[C@@H](O)[C@@H]2O)[C@@H]1O. The van der Waals surface area contributed by atoms with E-state index >= 15 is 0 Å². The Kier molecular flexibility index (Phi) is 21.2. The fraction of sp³-hybridized carbons (Fsp3) is 0.950. The van der Waals surface area contributed by atoms with E-state index in [-0.39, 0.29) is 6.61 Å². The van der Waals surface area contributed by atoms with Crippen molar-refractivity contribution in [2.75, 3.05) is 33.0 Å². The van der Waals surface area contributed by atoms with Crippen LogP contribution in [0.2, 0.25) is 0 Å². The summed E-state index contributed by atoms with van der Waals surface area (Å²) in [7, 11) is 0. The van der Waals surface area contributed by atoms with Crippen molar-refractivity contribution in [2.24, 2.45) is 5.73 Å². The Labute approximate surface area is 385 Å². The molecule has 5 aliphatic heterocycles. The van der Waals surface area contributed by atoms with Crippen molar-refractivity contribution < 1.29 is 118 Å². The average molecular weight is 978 g/mol. The maximum absolute atomic E-state index is 12.8. The van der Waals surface area contributed by atoms with Gasteiger partial charge in [0, 0.05) is 20.5 Å². The van der Waals surface area contributed by atoms with Crippen LogP contribution >= 0.6 is 0 Å². The fourth-order valence-electron chi connectivity index (χ4n) is 8.64. The van der Waals surface area contributed by atoms with Crippen molar-refractivity contribution in [1.82, 2.24) is 10.6 Å². The molecule has 27 nitrogen and oxygen atoms in total. The summed E-state index contributed by atoms with van der Waals surface area (Å²) in [4.78, 5) is 25.2. The second-order valence-electron chi connectivity index (χ2n) is 17.4. The molecule has 0 aromatic carbocycles. The molecule has 0 bridgehead atoms. The van der Waals surface area contributed by atoms with E-state index in [1.807, 2.05) is 0 Å². The Hall–Kier alpha value is -1.98. The van der Waals surface area contributed by atoms with Crippen molar-refractivity contribution in [3.63, 3.8) is 0 Å². The minimum absolute atomic E-state index is 0.0932. The van der Waals surface area contributed by atoms with Crippen LogP contribution in [-0.4, -0.2) is 259 Å². The summed E-state index contributed by atoms with van der Waals surface area (Å²) >= 11 is 0. The Morgan fingerprint density at radius 1 is 0.463 bits per heavy atom. The predicted molar refractivity (Wildman–Crippen MR) is 218 cm³/mol. The van der Waals surface area contributed by atoms with Crippen molar-refractivity contribution >= 4 is 11.8 Å². The van der Waals surface area contributed by atoms with Crippen LogP contribution in [0, 0.1) is 0 Å². The van der Waals surface area contributed by atoms with Gasteiger partial charge in [-0.1, -0.05) is 12.8 Å². The zero-order valence-electron chi connectivity index (χ0n) is 37.6. The monoisotopic (exact) mass is 977 g/mol. The number of carbonyl (C=O) groups is 2. The molecule has 390 valence electrons. The van der Waals surface area contributed by atoms with Gasteiger partial charge in [0.2, 0.25) is 11.8 Å². The predicted octanol–water partition coefficient (Wildman–Crippen LogP) is -8.04. The highest BCUT2D eigenvalue weighted by molar-refractivity contribution is 5.73. The first-order valence-electron chi connectivity index (χ1n) is 22.5. The highest BCUT2D eigenvalue weighted by Gasteiger charge is 2.57. The first-order chi connectivity index (χ1) is 31.8. The molecule has 0 aromatic rings. The van der Waals surface area contributed by atoms with E-state index in [4.69, 9.17) is 53.1 Å². The van der Waals surface area contributed by atoms with Crippen LogP contribution in [-0.2, 0) is 57.0 Å². The standard InChI is InChI=1S/C40H71N3O24/c1-14-23(49)27(53)29(55)38(59-14)64-32-19(12-45)63-37(21(26(32)52)42-16(3)47)67-35-25(51)18(11-44)61-40(31(35)57)65-33-20(13-46)62-36(58-10-8-6-5-7-9-41)22(43-17(4)48)34(33)66-39-30(56)28(54)24(50)15(2)60-39/h14-15,18-40,44-46,49-57H,5-13,41H2,1-4H3,(H,42,47)(H,43,48)/t14-,15-,18+,19+,20+,21+,22+,23+,24+,25-,26+,27+,28+,29-,30-,31+,32+,33+,34+,35-,36+,37-,38-,39-,40-/m0/s1. The Balaban J connectivity index is 1.44. The molecular formula is C40H71N3O24. The number of unbranched alkanes of at least 4 members (excludes halogenated alkanes) is 3. The third-order valence-electron chi connectivity index (χ3n) is 12.4. The number of hydrogen-bond donors (Lipinski definition) is 15. The summed E-state index contributed by atoms with van der Waals surface area (Å²) in [5, 5.41) is 135. The lowest BCUT2D eigenvalue weighted by molar-refractivity contribution is -0.386. The number of rotatable bonds is 20. The molecule has 5 fully saturated rings. The Morgan fingerprint density at radius 2 is 0.910 bits per heavy atom. The zero-order valence-corrected chi connectivity index (χ0v) is 37.6. The van der Waals surface area contributed by atoms with Crippen molar-refractivity contribution in [1.29, 1.82) is 0 Å². The number of hydrogen-bond acceptors (Lipinski definition) is 25. The summed E-state index contributed by atoms with van der Waals surface area (Å²) in [5.74, 6) is -1.39. The third kappa shape index (κ3) is 13.3. The molecular weight excluding hydrogens is 906 g/mol. The van der Waals surface area contributed by atoms with E-state index in [1.54, 1.807) is 0 Å². The van der Waals surface area contributed by atoms with E-state index in [0.717, 1.165) is 26.2 Å². The molecule has 0 aliphatic carbocycles. The van der Waals surface area contributed by atoms with E-state index in [1.165, 1.54) is 20.8 Å². The van der Waals surface area contributed by atoms with Gasteiger partial charge in [0.25, 0.3) is 0 Å². The maximum Gasteiger partial charge on any atom is 0.217 e. The molecule has 25 atom stereocenters. The lowest BCUT2D eigenvalue weighted by atomic mass is 9.93. The van der Waals surface area contributed by atoms with Gasteiger partial charge >= 0.3 is 0 Å². The minimum Gasteiger partial charge on any atom is -0.394 e. The fourth-order valence-corrected chi connectivity index (χ4v) is 8.64. The largest absolute Gasteiger partial charge is 0.394 e.